The maximum absolute atomic E-state index is 12.1. The van der Waals surface area contributed by atoms with Gasteiger partial charge in [-0.1, -0.05) is 48.5 Å². The topological polar surface area (TPSA) is 162 Å². The highest BCUT2D eigenvalue weighted by molar-refractivity contribution is 7.79. The molecular weight excluding hydrogens is 428 g/mol. The highest BCUT2D eigenvalue weighted by Gasteiger charge is 2.32. The number of benzene rings is 2. The number of rotatable bonds is 4. The minimum Gasteiger partial charge on any atom is -0.480 e. The van der Waals surface area contributed by atoms with E-state index in [2.05, 4.69) is 34.9 Å². The number of alkyl carbamates (subject to hydrolysis) is 1. The minimum atomic E-state index is -4.67. The first-order valence-electron chi connectivity index (χ1n) is 9.41. The SMILES string of the molecule is O=C(N[C@H]1CN[C@H](C(=O)O)C1)OCC1c2ccccc2-c2ccccc21.O=S(=O)(O)O. The second-order valence-electron chi connectivity index (χ2n) is 7.15. The molecule has 1 amide bonds. The molecule has 0 unspecified atom stereocenters. The maximum atomic E-state index is 12.1. The number of nitrogens with one attached hydrogen (secondary N) is 2. The molecule has 5 N–H and O–H groups in total. The average molecular weight is 450 g/mol. The van der Waals surface area contributed by atoms with Gasteiger partial charge in [-0.05, 0) is 28.7 Å². The standard InChI is InChI=1S/C20H20N2O4.H2O4S/c23-19(24)18-9-12(10-21-18)22-20(25)26-11-17-15-7-3-1-5-13(15)14-6-2-4-8-16(14)17;1-5(2,3)4/h1-8,12,17-18,21H,9-11H2,(H,22,25)(H,23,24);(H2,1,2,3,4)/t12-,18+;/m1./s1. The predicted octanol–water partition coefficient (Wildman–Crippen LogP) is 1.69. The molecule has 1 heterocycles. The Balaban J connectivity index is 0.000000491. The van der Waals surface area contributed by atoms with Crippen molar-refractivity contribution in [2.45, 2.75) is 24.4 Å². The van der Waals surface area contributed by atoms with E-state index in [1.54, 1.807) is 0 Å². The zero-order valence-electron chi connectivity index (χ0n) is 16.3. The van der Waals surface area contributed by atoms with Gasteiger partial charge in [0.25, 0.3) is 0 Å². The normalized spacial score (nSPS) is 19.5. The summed E-state index contributed by atoms with van der Waals surface area (Å²) in [5.41, 5.74) is 4.69. The lowest BCUT2D eigenvalue weighted by Crippen LogP contribution is -2.37. The Labute approximate surface area is 178 Å². The summed E-state index contributed by atoms with van der Waals surface area (Å²) in [6.45, 7) is 0.684. The average Bonchev–Trinajstić information content (AvgIpc) is 3.28. The van der Waals surface area contributed by atoms with Crippen LogP contribution in [0.25, 0.3) is 11.1 Å². The number of carbonyl (C=O) groups is 2. The largest absolute Gasteiger partial charge is 0.480 e. The van der Waals surface area contributed by atoms with Crippen LogP contribution in [-0.2, 0) is 19.9 Å². The fraction of sp³-hybridized carbons (Fsp3) is 0.300. The Morgan fingerprint density at radius 1 is 1.03 bits per heavy atom. The number of carbonyl (C=O) groups excluding carboxylic acids is 1. The number of amides is 1. The molecule has 2 aliphatic rings. The van der Waals surface area contributed by atoms with Crippen LogP contribution in [0.3, 0.4) is 0 Å². The van der Waals surface area contributed by atoms with Gasteiger partial charge in [0.2, 0.25) is 0 Å². The Hall–Kier alpha value is -2.99. The van der Waals surface area contributed by atoms with Gasteiger partial charge < -0.3 is 20.5 Å². The molecule has 1 aliphatic carbocycles. The van der Waals surface area contributed by atoms with Crippen LogP contribution < -0.4 is 10.6 Å². The van der Waals surface area contributed by atoms with Crippen LogP contribution in [0.5, 0.6) is 0 Å². The van der Waals surface area contributed by atoms with E-state index in [1.165, 1.54) is 11.1 Å². The number of hydrogen-bond acceptors (Lipinski definition) is 6. The number of carboxylic acid groups (broad SMARTS) is 1. The lowest BCUT2D eigenvalue weighted by atomic mass is 9.98. The van der Waals surface area contributed by atoms with Crippen molar-refractivity contribution in [2.75, 3.05) is 13.2 Å². The molecule has 31 heavy (non-hydrogen) atoms. The van der Waals surface area contributed by atoms with Gasteiger partial charge in [-0.25, -0.2) is 4.79 Å². The quantitative estimate of drug-likeness (QED) is 0.436. The fourth-order valence-corrected chi connectivity index (χ4v) is 3.84. The molecule has 2 aromatic carbocycles. The highest BCUT2D eigenvalue weighted by Crippen LogP contribution is 2.44. The van der Waals surface area contributed by atoms with Crippen LogP contribution in [0.15, 0.2) is 48.5 Å². The first-order chi connectivity index (χ1) is 14.6. The molecule has 4 rings (SSSR count). The first-order valence-corrected chi connectivity index (χ1v) is 10.8. The number of fused-ring (bicyclic) bond motifs is 3. The second-order valence-corrected chi connectivity index (χ2v) is 8.05. The molecular formula is C20H22N2O8S. The Morgan fingerprint density at radius 2 is 1.55 bits per heavy atom. The van der Waals surface area contributed by atoms with Crippen molar-refractivity contribution in [1.82, 2.24) is 10.6 Å². The van der Waals surface area contributed by atoms with Crippen LogP contribution in [0.2, 0.25) is 0 Å². The van der Waals surface area contributed by atoms with E-state index in [9.17, 15) is 9.59 Å². The molecule has 0 aromatic heterocycles. The van der Waals surface area contributed by atoms with Crippen LogP contribution in [0.1, 0.15) is 23.5 Å². The molecule has 0 saturated carbocycles. The molecule has 0 radical (unpaired) electrons. The molecule has 2 aromatic rings. The van der Waals surface area contributed by atoms with E-state index in [-0.39, 0.29) is 18.6 Å². The number of carboxylic acids is 1. The lowest BCUT2D eigenvalue weighted by molar-refractivity contribution is -0.139. The summed E-state index contributed by atoms with van der Waals surface area (Å²) in [6, 6.07) is 15.5. The van der Waals surface area contributed by atoms with Crippen molar-refractivity contribution in [1.29, 1.82) is 0 Å². The summed E-state index contributed by atoms with van der Waals surface area (Å²) in [4.78, 5) is 23.1. The fourth-order valence-electron chi connectivity index (χ4n) is 3.84. The molecule has 10 nitrogen and oxygen atoms in total. The molecule has 0 spiro atoms. The first kappa shape index (κ1) is 22.7. The summed E-state index contributed by atoms with van der Waals surface area (Å²) in [5, 5.41) is 14.6. The zero-order valence-corrected chi connectivity index (χ0v) is 17.1. The van der Waals surface area contributed by atoms with Crippen molar-refractivity contribution in [2.24, 2.45) is 0 Å². The van der Waals surface area contributed by atoms with Gasteiger partial charge in [0.1, 0.15) is 12.6 Å². The lowest BCUT2D eigenvalue weighted by Gasteiger charge is -2.16. The second kappa shape index (κ2) is 9.43. The van der Waals surface area contributed by atoms with Crippen LogP contribution in [0, 0.1) is 0 Å². The van der Waals surface area contributed by atoms with Gasteiger partial charge >= 0.3 is 22.5 Å². The van der Waals surface area contributed by atoms with E-state index in [4.69, 9.17) is 27.4 Å². The summed E-state index contributed by atoms with van der Waals surface area (Å²) in [5.74, 6) is -0.886. The summed E-state index contributed by atoms with van der Waals surface area (Å²) < 4.78 is 37.1. The highest BCUT2D eigenvalue weighted by atomic mass is 32.3. The van der Waals surface area contributed by atoms with Crippen molar-refractivity contribution in [3.05, 3.63) is 59.7 Å². The van der Waals surface area contributed by atoms with Crippen LogP contribution in [-0.4, -0.2) is 59.9 Å². The van der Waals surface area contributed by atoms with Crippen molar-refractivity contribution >= 4 is 22.5 Å². The molecule has 1 saturated heterocycles. The van der Waals surface area contributed by atoms with Gasteiger partial charge in [-0.3, -0.25) is 13.9 Å². The number of hydrogen-bond donors (Lipinski definition) is 5. The molecule has 1 aliphatic heterocycles. The Morgan fingerprint density at radius 3 is 2.03 bits per heavy atom. The minimum absolute atomic E-state index is 0.0154. The van der Waals surface area contributed by atoms with E-state index in [0.29, 0.717) is 13.0 Å². The van der Waals surface area contributed by atoms with Crippen molar-refractivity contribution in [3.63, 3.8) is 0 Å². The van der Waals surface area contributed by atoms with Gasteiger partial charge in [-0.15, -0.1) is 0 Å². The van der Waals surface area contributed by atoms with Crippen LogP contribution in [0.4, 0.5) is 4.79 Å². The van der Waals surface area contributed by atoms with E-state index in [1.807, 2.05) is 24.3 Å². The van der Waals surface area contributed by atoms with Crippen molar-refractivity contribution in [3.8, 4) is 11.1 Å². The predicted molar refractivity (Wildman–Crippen MR) is 110 cm³/mol. The van der Waals surface area contributed by atoms with Crippen LogP contribution >= 0.6 is 0 Å². The molecule has 0 bridgehead atoms. The van der Waals surface area contributed by atoms with Crippen molar-refractivity contribution < 1.29 is 37.0 Å². The monoisotopic (exact) mass is 450 g/mol. The number of ether oxygens (including phenoxy) is 1. The summed E-state index contributed by atoms with van der Waals surface area (Å²) in [7, 11) is -4.67. The maximum Gasteiger partial charge on any atom is 0.407 e. The molecule has 2 atom stereocenters. The van der Waals surface area contributed by atoms with E-state index < -0.39 is 28.5 Å². The van der Waals surface area contributed by atoms with Gasteiger partial charge in [0, 0.05) is 18.5 Å². The molecule has 1 fully saturated rings. The summed E-state index contributed by atoms with van der Waals surface area (Å²) in [6.07, 6.45) is -0.149. The van der Waals surface area contributed by atoms with Gasteiger partial charge in [0.05, 0.1) is 0 Å². The molecule has 11 heteroatoms. The van der Waals surface area contributed by atoms with Gasteiger partial charge in [0.15, 0.2) is 0 Å². The third kappa shape index (κ3) is 6.01. The molecule has 166 valence electrons. The van der Waals surface area contributed by atoms with E-state index in [0.717, 1.165) is 11.1 Å². The number of aliphatic carboxylic acids is 1. The zero-order chi connectivity index (χ0) is 22.6. The Kier molecular flexibility index (Phi) is 6.91. The summed E-state index contributed by atoms with van der Waals surface area (Å²) >= 11 is 0. The Bertz CT molecular complexity index is 1020. The van der Waals surface area contributed by atoms with E-state index >= 15 is 0 Å². The van der Waals surface area contributed by atoms with Gasteiger partial charge in [-0.2, -0.15) is 8.42 Å². The smallest absolute Gasteiger partial charge is 0.407 e. The third-order valence-electron chi connectivity index (χ3n) is 5.09. The third-order valence-corrected chi connectivity index (χ3v) is 5.09.